The molecule has 0 spiro atoms. The smallest absolute Gasteiger partial charge is 0.386 e. The summed E-state index contributed by atoms with van der Waals surface area (Å²) < 4.78 is 1.55. The zero-order valence-electron chi connectivity index (χ0n) is 9.20. The molecule has 7 nitrogen and oxygen atoms in total. The number of aromatic nitrogens is 2. The molecular formula is C10H12N4O3. The zero-order valence-corrected chi connectivity index (χ0v) is 9.20. The summed E-state index contributed by atoms with van der Waals surface area (Å²) in [7, 11) is 0. The Morgan fingerprint density at radius 2 is 2.35 bits per heavy atom. The molecule has 90 valence electrons. The SMILES string of the molecule is Cc1nc([N+](=O)[O-])c2cccc(C(O)CN)n12. The lowest BCUT2D eigenvalue weighted by atomic mass is 10.2. The summed E-state index contributed by atoms with van der Waals surface area (Å²) >= 11 is 0. The van der Waals surface area contributed by atoms with Gasteiger partial charge in [0, 0.05) is 13.5 Å². The van der Waals surface area contributed by atoms with Crippen molar-refractivity contribution in [3.05, 3.63) is 39.8 Å². The predicted octanol–water partition coefficient (Wildman–Crippen LogP) is 0.543. The molecule has 0 aliphatic rings. The molecule has 3 N–H and O–H groups in total. The lowest BCUT2D eigenvalue weighted by molar-refractivity contribution is -0.387. The van der Waals surface area contributed by atoms with Crippen molar-refractivity contribution >= 4 is 11.3 Å². The summed E-state index contributed by atoms with van der Waals surface area (Å²) in [5, 5.41) is 20.6. The quantitative estimate of drug-likeness (QED) is 0.597. The van der Waals surface area contributed by atoms with Crippen LogP contribution in [0.4, 0.5) is 5.82 Å². The number of imidazole rings is 1. The molecule has 0 saturated carbocycles. The lowest BCUT2D eigenvalue weighted by Gasteiger charge is -2.10. The molecule has 2 rings (SSSR count). The molecular weight excluding hydrogens is 224 g/mol. The van der Waals surface area contributed by atoms with Crippen LogP contribution in [0, 0.1) is 17.0 Å². The van der Waals surface area contributed by atoms with Crippen molar-refractivity contribution in [3.63, 3.8) is 0 Å². The van der Waals surface area contributed by atoms with Crippen molar-refractivity contribution in [2.24, 2.45) is 5.73 Å². The van der Waals surface area contributed by atoms with Crippen molar-refractivity contribution in [2.45, 2.75) is 13.0 Å². The molecule has 0 radical (unpaired) electrons. The monoisotopic (exact) mass is 236 g/mol. The van der Waals surface area contributed by atoms with E-state index in [1.54, 1.807) is 29.5 Å². The maximum absolute atomic E-state index is 10.8. The van der Waals surface area contributed by atoms with E-state index in [1.807, 2.05) is 0 Å². The van der Waals surface area contributed by atoms with Gasteiger partial charge in [0.2, 0.25) is 5.82 Å². The van der Waals surface area contributed by atoms with Crippen molar-refractivity contribution in [1.29, 1.82) is 0 Å². The second-order valence-electron chi connectivity index (χ2n) is 3.66. The van der Waals surface area contributed by atoms with Gasteiger partial charge < -0.3 is 21.0 Å². The number of nitrogens with zero attached hydrogens (tertiary/aromatic N) is 3. The number of fused-ring (bicyclic) bond motifs is 1. The van der Waals surface area contributed by atoms with Gasteiger partial charge in [-0.3, -0.25) is 4.40 Å². The number of hydrogen-bond acceptors (Lipinski definition) is 5. The second-order valence-corrected chi connectivity index (χ2v) is 3.66. The highest BCUT2D eigenvalue weighted by Crippen LogP contribution is 2.24. The third kappa shape index (κ3) is 1.75. The van der Waals surface area contributed by atoms with E-state index in [4.69, 9.17) is 5.73 Å². The van der Waals surface area contributed by atoms with Crippen LogP contribution in [0.3, 0.4) is 0 Å². The van der Waals surface area contributed by atoms with Gasteiger partial charge in [0.25, 0.3) is 0 Å². The van der Waals surface area contributed by atoms with Gasteiger partial charge in [-0.25, -0.2) is 0 Å². The fourth-order valence-electron chi connectivity index (χ4n) is 1.84. The fraction of sp³-hybridized carbons (Fsp3) is 0.300. The van der Waals surface area contributed by atoms with Crippen LogP contribution >= 0.6 is 0 Å². The molecule has 0 aliphatic heterocycles. The van der Waals surface area contributed by atoms with Crippen LogP contribution in [0.2, 0.25) is 0 Å². The van der Waals surface area contributed by atoms with Crippen molar-refractivity contribution in [2.75, 3.05) is 6.54 Å². The Bertz CT molecular complexity index is 578. The van der Waals surface area contributed by atoms with Crippen LogP contribution in [-0.4, -0.2) is 26.0 Å². The van der Waals surface area contributed by atoms with Crippen LogP contribution in [0.25, 0.3) is 5.52 Å². The summed E-state index contributed by atoms with van der Waals surface area (Å²) in [5.74, 6) is 0.239. The zero-order chi connectivity index (χ0) is 12.6. The maximum Gasteiger partial charge on any atom is 0.389 e. The van der Waals surface area contributed by atoms with Gasteiger partial charge in [-0.05, 0) is 22.0 Å². The molecule has 0 aliphatic carbocycles. The summed E-state index contributed by atoms with van der Waals surface area (Å²) in [5.41, 5.74) is 6.26. The largest absolute Gasteiger partial charge is 0.389 e. The Hall–Kier alpha value is -1.99. The molecule has 17 heavy (non-hydrogen) atoms. The Balaban J connectivity index is 2.77. The van der Waals surface area contributed by atoms with Crippen molar-refractivity contribution in [1.82, 2.24) is 9.38 Å². The Labute approximate surface area is 96.7 Å². The number of hydrogen-bond donors (Lipinski definition) is 2. The van der Waals surface area contributed by atoms with E-state index in [9.17, 15) is 15.2 Å². The predicted molar refractivity (Wildman–Crippen MR) is 60.6 cm³/mol. The van der Waals surface area contributed by atoms with Crippen LogP contribution in [0.1, 0.15) is 17.6 Å². The first-order chi connectivity index (χ1) is 8.06. The third-order valence-electron chi connectivity index (χ3n) is 2.58. The third-order valence-corrected chi connectivity index (χ3v) is 2.58. The van der Waals surface area contributed by atoms with Crippen LogP contribution in [0.5, 0.6) is 0 Å². The summed E-state index contributed by atoms with van der Waals surface area (Å²) in [4.78, 5) is 14.2. The molecule has 2 heterocycles. The van der Waals surface area contributed by atoms with Crippen LogP contribution in [0.15, 0.2) is 18.2 Å². The van der Waals surface area contributed by atoms with Gasteiger partial charge in [0.15, 0.2) is 0 Å². The molecule has 1 atom stereocenters. The first-order valence-electron chi connectivity index (χ1n) is 5.06. The van der Waals surface area contributed by atoms with E-state index in [0.29, 0.717) is 17.0 Å². The highest BCUT2D eigenvalue weighted by Gasteiger charge is 2.22. The number of nitrogens with two attached hydrogens (primary N) is 1. The van der Waals surface area contributed by atoms with Crippen LogP contribution < -0.4 is 5.73 Å². The molecule has 0 aromatic carbocycles. The molecule has 0 saturated heterocycles. The highest BCUT2D eigenvalue weighted by molar-refractivity contribution is 5.63. The average molecular weight is 236 g/mol. The lowest BCUT2D eigenvalue weighted by Crippen LogP contribution is -2.15. The fourth-order valence-corrected chi connectivity index (χ4v) is 1.84. The van der Waals surface area contributed by atoms with E-state index in [1.165, 1.54) is 0 Å². The summed E-state index contributed by atoms with van der Waals surface area (Å²) in [6.07, 6.45) is -0.869. The highest BCUT2D eigenvalue weighted by atomic mass is 16.6. The minimum absolute atomic E-state index is 0.0462. The van der Waals surface area contributed by atoms with Gasteiger partial charge in [-0.2, -0.15) is 0 Å². The Morgan fingerprint density at radius 1 is 1.65 bits per heavy atom. The Morgan fingerprint density at radius 3 is 2.94 bits per heavy atom. The maximum atomic E-state index is 10.8. The molecule has 0 amide bonds. The minimum atomic E-state index is -0.869. The van der Waals surface area contributed by atoms with E-state index in [2.05, 4.69) is 4.98 Å². The first-order valence-corrected chi connectivity index (χ1v) is 5.06. The number of nitro groups is 1. The van der Waals surface area contributed by atoms with Crippen LogP contribution in [-0.2, 0) is 0 Å². The second kappa shape index (κ2) is 4.11. The summed E-state index contributed by atoms with van der Waals surface area (Å²) in [6, 6.07) is 4.89. The molecule has 0 bridgehead atoms. The van der Waals surface area contributed by atoms with Gasteiger partial charge in [0.1, 0.15) is 11.6 Å². The number of rotatable bonds is 3. The average Bonchev–Trinajstić information content (AvgIpc) is 2.66. The first kappa shape index (κ1) is 11.5. The van der Waals surface area contributed by atoms with Gasteiger partial charge in [-0.1, -0.05) is 6.07 Å². The van der Waals surface area contributed by atoms with E-state index in [0.717, 1.165) is 0 Å². The van der Waals surface area contributed by atoms with Crippen molar-refractivity contribution in [3.8, 4) is 0 Å². The van der Waals surface area contributed by atoms with E-state index in [-0.39, 0.29) is 12.4 Å². The molecule has 7 heteroatoms. The van der Waals surface area contributed by atoms with E-state index >= 15 is 0 Å². The molecule has 0 fully saturated rings. The minimum Gasteiger partial charge on any atom is -0.386 e. The van der Waals surface area contributed by atoms with Gasteiger partial charge in [-0.15, -0.1) is 0 Å². The summed E-state index contributed by atoms with van der Waals surface area (Å²) in [6.45, 7) is 1.69. The normalized spacial score (nSPS) is 12.9. The molecule has 2 aromatic heterocycles. The van der Waals surface area contributed by atoms with Gasteiger partial charge in [0.05, 0.1) is 5.69 Å². The number of aliphatic hydroxyl groups excluding tert-OH is 1. The van der Waals surface area contributed by atoms with Gasteiger partial charge >= 0.3 is 5.82 Å². The number of aliphatic hydroxyl groups is 1. The molecule has 2 aromatic rings. The standard InChI is InChI=1S/C10H12N4O3/c1-6-12-10(14(16)17)8-4-2-3-7(13(6)8)9(15)5-11/h2-4,9,15H,5,11H2,1H3. The molecule has 1 unspecified atom stereocenters. The Kier molecular flexibility index (Phi) is 2.78. The van der Waals surface area contributed by atoms with Crippen molar-refractivity contribution < 1.29 is 10.0 Å². The van der Waals surface area contributed by atoms with E-state index < -0.39 is 11.0 Å². The number of aryl methyl sites for hydroxylation is 1. The topological polar surface area (TPSA) is 107 Å². The number of pyridine rings is 1.